The van der Waals surface area contributed by atoms with Crippen molar-refractivity contribution in [1.29, 1.82) is 0 Å². The van der Waals surface area contributed by atoms with Gasteiger partial charge in [-0.1, -0.05) is 39.8 Å². The molecular formula is C30H39N8S2+. The van der Waals surface area contributed by atoms with Crippen molar-refractivity contribution in [2.75, 3.05) is 62.6 Å². The summed E-state index contributed by atoms with van der Waals surface area (Å²) in [6.07, 6.45) is 9.96. The fourth-order valence-electron chi connectivity index (χ4n) is 3.36. The zero-order chi connectivity index (χ0) is 28.4. The number of rotatable bonds is 16. The Labute approximate surface area is 246 Å². The van der Waals surface area contributed by atoms with Gasteiger partial charge in [-0.05, 0) is 72.0 Å². The quantitative estimate of drug-likeness (QED) is 0.0636. The van der Waals surface area contributed by atoms with Crippen molar-refractivity contribution >= 4 is 50.2 Å². The molecule has 0 aliphatic carbocycles. The standard InChI is InChI=1S/C30H39N8S2/c1-36(2)28-15-11-26(12-16-28)33-32-20-8-5-7-19-31-21-24-39-40-25-23-38-22-9-6-10-30(38)35-34-27-13-17-29(18-14-27)37(3)4/h5-19,22,31H,20-21,23-25H2,1-4H3/q+1/b8-5-,19-7-,33-32?. The molecule has 1 heterocycles. The summed E-state index contributed by atoms with van der Waals surface area (Å²) in [6.45, 7) is 2.34. The van der Waals surface area contributed by atoms with Gasteiger partial charge in [0.2, 0.25) is 0 Å². The lowest BCUT2D eigenvalue weighted by atomic mass is 10.3. The predicted molar refractivity (Wildman–Crippen MR) is 173 cm³/mol. The van der Waals surface area contributed by atoms with E-state index in [9.17, 15) is 0 Å². The Balaban J connectivity index is 1.26. The lowest BCUT2D eigenvalue weighted by Crippen LogP contribution is -2.34. The first-order chi connectivity index (χ1) is 19.5. The average molecular weight is 576 g/mol. The molecule has 0 saturated heterocycles. The summed E-state index contributed by atoms with van der Waals surface area (Å²) in [5.41, 5.74) is 4.00. The minimum Gasteiger partial charge on any atom is -0.390 e. The topological polar surface area (TPSA) is 71.8 Å². The number of aryl methyl sites for hydroxylation is 1. The minimum absolute atomic E-state index is 0.554. The van der Waals surface area contributed by atoms with E-state index >= 15 is 0 Å². The van der Waals surface area contributed by atoms with Gasteiger partial charge in [0, 0.05) is 63.7 Å². The van der Waals surface area contributed by atoms with Crippen LogP contribution in [0, 0.1) is 0 Å². The maximum Gasteiger partial charge on any atom is 0.350 e. The van der Waals surface area contributed by atoms with Crippen molar-refractivity contribution in [1.82, 2.24) is 5.32 Å². The second-order valence-corrected chi connectivity index (χ2v) is 11.8. The van der Waals surface area contributed by atoms with Crippen LogP contribution >= 0.6 is 21.6 Å². The Morgan fingerprint density at radius 2 is 1.40 bits per heavy atom. The number of nitrogens with zero attached hydrogens (tertiary/aromatic N) is 7. The van der Waals surface area contributed by atoms with Gasteiger partial charge in [-0.15, -0.1) is 0 Å². The van der Waals surface area contributed by atoms with Crippen molar-refractivity contribution in [3.63, 3.8) is 0 Å². The van der Waals surface area contributed by atoms with Gasteiger partial charge in [0.25, 0.3) is 0 Å². The van der Waals surface area contributed by atoms with Crippen LogP contribution in [0.4, 0.5) is 28.6 Å². The Hall–Kier alpha value is -3.63. The fraction of sp³-hybridized carbons (Fsp3) is 0.300. The molecule has 0 spiro atoms. The van der Waals surface area contributed by atoms with Gasteiger partial charge < -0.3 is 15.1 Å². The number of anilines is 2. The van der Waals surface area contributed by atoms with Crippen molar-refractivity contribution in [2.45, 2.75) is 6.54 Å². The zero-order valence-electron chi connectivity index (χ0n) is 23.7. The van der Waals surface area contributed by atoms with Crippen molar-refractivity contribution in [3.05, 3.63) is 97.4 Å². The maximum atomic E-state index is 4.48. The van der Waals surface area contributed by atoms with E-state index in [0.29, 0.717) is 6.54 Å². The molecule has 2 aromatic carbocycles. The number of azo groups is 2. The van der Waals surface area contributed by atoms with Gasteiger partial charge in [0.05, 0.1) is 23.5 Å². The first-order valence-corrected chi connectivity index (χ1v) is 15.6. The molecule has 0 unspecified atom stereocenters. The highest BCUT2D eigenvalue weighted by Crippen LogP contribution is 2.22. The molecule has 3 rings (SSSR count). The van der Waals surface area contributed by atoms with Gasteiger partial charge in [0.15, 0.2) is 0 Å². The third kappa shape index (κ3) is 11.6. The Morgan fingerprint density at radius 3 is 2.08 bits per heavy atom. The highest BCUT2D eigenvalue weighted by atomic mass is 33.1. The normalized spacial score (nSPS) is 11.8. The number of nitrogens with one attached hydrogen (secondary N) is 1. The van der Waals surface area contributed by atoms with Gasteiger partial charge >= 0.3 is 5.82 Å². The second kappa shape index (κ2) is 17.9. The van der Waals surface area contributed by atoms with Gasteiger partial charge in [-0.25, -0.2) is 4.57 Å². The predicted octanol–water partition coefficient (Wildman–Crippen LogP) is 7.35. The van der Waals surface area contributed by atoms with E-state index in [1.807, 2.05) is 141 Å². The Bertz CT molecular complexity index is 1250. The summed E-state index contributed by atoms with van der Waals surface area (Å²) >= 11 is 0. The zero-order valence-corrected chi connectivity index (χ0v) is 25.4. The summed E-state index contributed by atoms with van der Waals surface area (Å²) in [5.74, 6) is 2.87. The van der Waals surface area contributed by atoms with Crippen LogP contribution in [0.25, 0.3) is 0 Å². The first-order valence-electron chi connectivity index (χ1n) is 13.1. The van der Waals surface area contributed by atoms with Crippen LogP contribution in [-0.2, 0) is 6.54 Å². The van der Waals surface area contributed by atoms with Crippen LogP contribution < -0.4 is 19.7 Å². The third-order valence-electron chi connectivity index (χ3n) is 5.58. The SMILES string of the molecule is CN(C)c1ccc(N=NC/C=C\C=C/NCCSSCC[n+]2ccccc2N=Nc2ccc(N(C)C)cc2)cc1. The molecule has 0 fully saturated rings. The second-order valence-electron chi connectivity index (χ2n) is 9.08. The van der Waals surface area contributed by atoms with Gasteiger partial charge in [-0.3, -0.25) is 0 Å². The van der Waals surface area contributed by atoms with Crippen LogP contribution in [0.15, 0.2) is 118 Å². The lowest BCUT2D eigenvalue weighted by Gasteiger charge is -2.11. The van der Waals surface area contributed by atoms with Crippen LogP contribution in [-0.4, -0.2) is 52.8 Å². The Morgan fingerprint density at radius 1 is 0.750 bits per heavy atom. The summed E-state index contributed by atoms with van der Waals surface area (Å²) in [7, 11) is 11.8. The molecular weight excluding hydrogens is 537 g/mol. The van der Waals surface area contributed by atoms with Crippen LogP contribution in [0.2, 0.25) is 0 Å². The molecule has 0 aliphatic heterocycles. The van der Waals surface area contributed by atoms with Crippen LogP contribution in [0.5, 0.6) is 0 Å². The molecule has 10 heteroatoms. The van der Waals surface area contributed by atoms with E-state index in [1.54, 1.807) is 0 Å². The first kappa shape index (κ1) is 30.9. The number of aromatic nitrogens is 1. The largest absolute Gasteiger partial charge is 0.390 e. The molecule has 0 atom stereocenters. The molecule has 8 nitrogen and oxygen atoms in total. The molecule has 1 N–H and O–H groups in total. The smallest absolute Gasteiger partial charge is 0.350 e. The highest BCUT2D eigenvalue weighted by molar-refractivity contribution is 8.76. The van der Waals surface area contributed by atoms with Crippen LogP contribution in [0.1, 0.15) is 0 Å². The molecule has 0 aliphatic rings. The van der Waals surface area contributed by atoms with E-state index in [0.717, 1.165) is 53.2 Å². The molecule has 210 valence electrons. The van der Waals surface area contributed by atoms with Crippen molar-refractivity contribution < 1.29 is 4.57 Å². The summed E-state index contributed by atoms with van der Waals surface area (Å²) < 4.78 is 2.14. The monoisotopic (exact) mass is 575 g/mol. The van der Waals surface area contributed by atoms with Gasteiger partial charge in [-0.2, -0.15) is 10.2 Å². The number of allylic oxidation sites excluding steroid dienone is 2. The maximum absolute atomic E-state index is 4.48. The van der Waals surface area contributed by atoms with Gasteiger partial charge in [0.1, 0.15) is 12.2 Å². The average Bonchev–Trinajstić information content (AvgIpc) is 2.97. The van der Waals surface area contributed by atoms with E-state index in [1.165, 1.54) is 0 Å². The van der Waals surface area contributed by atoms with Crippen molar-refractivity contribution in [3.8, 4) is 0 Å². The number of hydrogen-bond acceptors (Lipinski definition) is 9. The summed E-state index contributed by atoms with van der Waals surface area (Å²) in [6, 6.07) is 22.1. The molecule has 40 heavy (non-hydrogen) atoms. The molecule has 3 aromatic rings. The van der Waals surface area contributed by atoms with E-state index in [4.69, 9.17) is 0 Å². The highest BCUT2D eigenvalue weighted by Gasteiger charge is 2.09. The number of benzene rings is 2. The Kier molecular flexibility index (Phi) is 13.8. The molecule has 0 amide bonds. The van der Waals surface area contributed by atoms with E-state index < -0.39 is 0 Å². The summed E-state index contributed by atoms with van der Waals surface area (Å²) in [5, 5.41) is 20.6. The molecule has 0 radical (unpaired) electrons. The van der Waals surface area contributed by atoms with Crippen molar-refractivity contribution in [2.24, 2.45) is 20.5 Å². The van der Waals surface area contributed by atoms with Crippen LogP contribution in [0.3, 0.4) is 0 Å². The molecule has 1 aromatic heterocycles. The molecule has 0 saturated carbocycles. The number of hydrogen-bond donors (Lipinski definition) is 1. The number of pyridine rings is 1. The summed E-state index contributed by atoms with van der Waals surface area (Å²) in [4.78, 5) is 4.13. The molecule has 0 bridgehead atoms. The van der Waals surface area contributed by atoms with E-state index in [2.05, 4.69) is 46.3 Å². The fourth-order valence-corrected chi connectivity index (χ4v) is 5.25. The van der Waals surface area contributed by atoms with E-state index in [-0.39, 0.29) is 0 Å². The lowest BCUT2D eigenvalue weighted by molar-refractivity contribution is -0.679. The third-order valence-corrected chi connectivity index (χ3v) is 7.97. The minimum atomic E-state index is 0.554.